The van der Waals surface area contributed by atoms with Gasteiger partial charge >= 0.3 is 12.1 Å². The van der Waals surface area contributed by atoms with Crippen LogP contribution in [0.2, 0.25) is 0 Å². The van der Waals surface area contributed by atoms with Crippen LogP contribution in [0.4, 0.5) is 13.2 Å². The minimum absolute atomic E-state index is 0.343. The Morgan fingerprint density at radius 2 is 2.00 bits per heavy atom. The molecule has 0 saturated carbocycles. The van der Waals surface area contributed by atoms with Crippen molar-refractivity contribution in [2.45, 2.75) is 18.3 Å². The number of ether oxygens (including phenoxy) is 2. The summed E-state index contributed by atoms with van der Waals surface area (Å²) in [5, 5.41) is 7.12. The van der Waals surface area contributed by atoms with Crippen LogP contribution >= 0.6 is 0 Å². The van der Waals surface area contributed by atoms with Crippen molar-refractivity contribution in [3.63, 3.8) is 0 Å². The molecular formula is C17H24F3N3O6S. The second-order valence-corrected chi connectivity index (χ2v) is 9.04. The van der Waals surface area contributed by atoms with Crippen LogP contribution in [0.25, 0.3) is 0 Å². The first-order valence-electron chi connectivity index (χ1n) is 8.99. The number of aromatic nitrogens is 1. The number of carbonyl (C=O) groups is 1. The molecule has 2 aliphatic rings. The van der Waals surface area contributed by atoms with Gasteiger partial charge in [0, 0.05) is 45.1 Å². The number of aliphatic carboxylic acids is 1. The molecule has 170 valence electrons. The van der Waals surface area contributed by atoms with E-state index in [2.05, 4.69) is 9.88 Å². The third kappa shape index (κ3) is 7.47. The smallest absolute Gasteiger partial charge is 0.475 e. The van der Waals surface area contributed by atoms with E-state index in [0.29, 0.717) is 39.5 Å². The molecule has 3 heterocycles. The van der Waals surface area contributed by atoms with Crippen LogP contribution < -0.4 is 0 Å². The molecule has 0 aliphatic carbocycles. The van der Waals surface area contributed by atoms with E-state index in [4.69, 9.17) is 19.4 Å². The van der Waals surface area contributed by atoms with Gasteiger partial charge in [-0.1, -0.05) is 6.07 Å². The standard InChI is InChI=1S/C15H23N3O4S.C2HF3O2/c1-23(19,20)18-6-8-22-15(12-18)11-17(5-7-21-13-15)10-14-3-2-4-16-9-14;3-2(4,5)1(6)7/h2-4,9H,5-8,10-13H2,1H3;(H,6,7). The van der Waals surface area contributed by atoms with E-state index in [1.54, 1.807) is 6.20 Å². The summed E-state index contributed by atoms with van der Waals surface area (Å²) >= 11 is 0. The summed E-state index contributed by atoms with van der Waals surface area (Å²) in [6, 6.07) is 3.96. The van der Waals surface area contributed by atoms with Crippen molar-refractivity contribution >= 4 is 16.0 Å². The average molecular weight is 455 g/mol. The lowest BCUT2D eigenvalue weighted by Gasteiger charge is -2.42. The minimum Gasteiger partial charge on any atom is -0.475 e. The topological polar surface area (TPSA) is 109 Å². The highest BCUT2D eigenvalue weighted by atomic mass is 32.2. The molecule has 3 rings (SSSR count). The van der Waals surface area contributed by atoms with Gasteiger partial charge in [-0.25, -0.2) is 13.2 Å². The molecule has 0 amide bonds. The summed E-state index contributed by atoms with van der Waals surface area (Å²) in [6.45, 7) is 4.37. The fourth-order valence-electron chi connectivity index (χ4n) is 3.14. The molecule has 2 saturated heterocycles. The third-order valence-electron chi connectivity index (χ3n) is 4.48. The summed E-state index contributed by atoms with van der Waals surface area (Å²) in [5.41, 5.74) is 0.528. The third-order valence-corrected chi connectivity index (χ3v) is 5.73. The maximum absolute atomic E-state index is 11.9. The van der Waals surface area contributed by atoms with Gasteiger partial charge < -0.3 is 14.6 Å². The summed E-state index contributed by atoms with van der Waals surface area (Å²) < 4.78 is 68.7. The number of halogens is 3. The molecular weight excluding hydrogens is 431 g/mol. The molecule has 1 spiro atoms. The first-order valence-corrected chi connectivity index (χ1v) is 10.8. The lowest BCUT2D eigenvalue weighted by atomic mass is 10.0. The molecule has 1 aromatic heterocycles. The predicted molar refractivity (Wildman–Crippen MR) is 99.1 cm³/mol. The summed E-state index contributed by atoms with van der Waals surface area (Å²) in [5.74, 6) is -2.76. The molecule has 0 bridgehead atoms. The van der Waals surface area contributed by atoms with Crippen molar-refractivity contribution in [3.8, 4) is 0 Å². The number of alkyl halides is 3. The lowest BCUT2D eigenvalue weighted by molar-refractivity contribution is -0.192. The van der Waals surface area contributed by atoms with Gasteiger partial charge in [0.1, 0.15) is 5.60 Å². The molecule has 2 fully saturated rings. The molecule has 13 heteroatoms. The second-order valence-electron chi connectivity index (χ2n) is 7.06. The van der Waals surface area contributed by atoms with E-state index < -0.39 is 27.8 Å². The normalized spacial score (nSPS) is 24.0. The van der Waals surface area contributed by atoms with Gasteiger partial charge in [-0.2, -0.15) is 17.5 Å². The number of hydrogen-bond donors (Lipinski definition) is 1. The van der Waals surface area contributed by atoms with Gasteiger partial charge in [-0.15, -0.1) is 0 Å². The van der Waals surface area contributed by atoms with Gasteiger partial charge in [0.15, 0.2) is 0 Å². The van der Waals surface area contributed by atoms with Gasteiger partial charge in [0.25, 0.3) is 0 Å². The summed E-state index contributed by atoms with van der Waals surface area (Å²) in [6.07, 6.45) is -0.231. The SMILES string of the molecule is CS(=O)(=O)N1CCOC2(COCCN(Cc3cccnc3)C2)C1.O=C(O)C(F)(F)F. The number of rotatable bonds is 3. The van der Waals surface area contributed by atoms with Crippen LogP contribution in [0, 0.1) is 0 Å². The Morgan fingerprint density at radius 3 is 2.57 bits per heavy atom. The molecule has 1 atom stereocenters. The van der Waals surface area contributed by atoms with Crippen molar-refractivity contribution < 1.29 is 41.0 Å². The van der Waals surface area contributed by atoms with Crippen molar-refractivity contribution in [2.75, 3.05) is 52.3 Å². The number of sulfonamides is 1. The fraction of sp³-hybridized carbons (Fsp3) is 0.647. The zero-order valence-corrected chi connectivity index (χ0v) is 17.2. The van der Waals surface area contributed by atoms with E-state index in [0.717, 1.165) is 18.7 Å². The van der Waals surface area contributed by atoms with Crippen LogP contribution in [-0.4, -0.2) is 97.7 Å². The Labute approximate surface area is 172 Å². The van der Waals surface area contributed by atoms with E-state index >= 15 is 0 Å². The first-order chi connectivity index (χ1) is 13.9. The second kappa shape index (κ2) is 10.0. The van der Waals surface area contributed by atoms with E-state index in [1.165, 1.54) is 10.6 Å². The number of pyridine rings is 1. The van der Waals surface area contributed by atoms with Crippen molar-refractivity contribution in [1.29, 1.82) is 0 Å². The molecule has 1 aromatic rings. The van der Waals surface area contributed by atoms with Crippen LogP contribution in [0.15, 0.2) is 24.5 Å². The molecule has 30 heavy (non-hydrogen) atoms. The van der Waals surface area contributed by atoms with E-state index in [-0.39, 0.29) is 0 Å². The van der Waals surface area contributed by atoms with E-state index in [1.807, 2.05) is 18.3 Å². The zero-order chi connectivity index (χ0) is 22.4. The van der Waals surface area contributed by atoms with Crippen LogP contribution in [0.1, 0.15) is 5.56 Å². The highest BCUT2D eigenvalue weighted by molar-refractivity contribution is 7.88. The van der Waals surface area contributed by atoms with Crippen LogP contribution in [0.5, 0.6) is 0 Å². The van der Waals surface area contributed by atoms with Gasteiger partial charge in [-0.05, 0) is 11.6 Å². The monoisotopic (exact) mass is 455 g/mol. The Kier molecular flexibility index (Phi) is 8.16. The number of carboxylic acids is 1. The van der Waals surface area contributed by atoms with Gasteiger partial charge in [-0.3, -0.25) is 9.88 Å². The number of morpholine rings is 1. The summed E-state index contributed by atoms with van der Waals surface area (Å²) in [4.78, 5) is 15.3. The predicted octanol–water partition coefficient (Wildman–Crippen LogP) is 0.578. The van der Waals surface area contributed by atoms with E-state index in [9.17, 15) is 21.6 Å². The average Bonchev–Trinajstić information content (AvgIpc) is 2.83. The minimum atomic E-state index is -5.08. The largest absolute Gasteiger partial charge is 0.490 e. The number of hydrogen-bond acceptors (Lipinski definition) is 7. The van der Waals surface area contributed by atoms with Crippen molar-refractivity contribution in [1.82, 2.24) is 14.2 Å². The Morgan fingerprint density at radius 1 is 1.30 bits per heavy atom. The molecule has 1 unspecified atom stereocenters. The molecule has 0 radical (unpaired) electrons. The van der Waals surface area contributed by atoms with Crippen molar-refractivity contribution in [3.05, 3.63) is 30.1 Å². The Hall–Kier alpha value is -1.80. The maximum Gasteiger partial charge on any atom is 0.490 e. The van der Waals surface area contributed by atoms with Crippen molar-refractivity contribution in [2.24, 2.45) is 0 Å². The Bertz CT molecular complexity index is 809. The highest BCUT2D eigenvalue weighted by Crippen LogP contribution is 2.24. The fourth-order valence-corrected chi connectivity index (χ4v) is 4.02. The van der Waals surface area contributed by atoms with Crippen LogP contribution in [-0.2, 0) is 30.8 Å². The number of nitrogens with zero attached hydrogens (tertiary/aromatic N) is 3. The van der Waals surface area contributed by atoms with Gasteiger partial charge in [0.2, 0.25) is 10.0 Å². The summed E-state index contributed by atoms with van der Waals surface area (Å²) in [7, 11) is -3.22. The number of carboxylic acid groups (broad SMARTS) is 1. The quantitative estimate of drug-likeness (QED) is 0.705. The van der Waals surface area contributed by atoms with Gasteiger partial charge in [0.05, 0.1) is 26.1 Å². The first kappa shape index (κ1) is 24.5. The lowest BCUT2D eigenvalue weighted by Crippen LogP contribution is -2.59. The molecule has 2 aliphatic heterocycles. The zero-order valence-electron chi connectivity index (χ0n) is 16.3. The molecule has 9 nitrogen and oxygen atoms in total. The van der Waals surface area contributed by atoms with Crippen LogP contribution in [0.3, 0.4) is 0 Å². The maximum atomic E-state index is 11.9. The molecule has 0 aromatic carbocycles. The highest BCUT2D eigenvalue weighted by Gasteiger charge is 2.42. The molecule has 1 N–H and O–H groups in total. The Balaban J connectivity index is 0.000000396.